The van der Waals surface area contributed by atoms with Crippen LogP contribution in [0, 0.1) is 0 Å². The Bertz CT molecular complexity index is 419. The summed E-state index contributed by atoms with van der Waals surface area (Å²) >= 11 is 0. The number of aliphatic imine (C=N–C) groups is 1. The average molecular weight is 279 g/mol. The van der Waals surface area contributed by atoms with Crippen molar-refractivity contribution in [3.05, 3.63) is 0 Å². The highest BCUT2D eigenvalue weighted by Gasteiger charge is 2.50. The van der Waals surface area contributed by atoms with Crippen molar-refractivity contribution in [2.45, 2.75) is 64.5 Å². The minimum atomic E-state index is -0.702. The number of amides is 2. The molecule has 5 nitrogen and oxygen atoms in total. The van der Waals surface area contributed by atoms with Crippen LogP contribution in [0.3, 0.4) is 0 Å². The fourth-order valence-corrected chi connectivity index (χ4v) is 3.16. The van der Waals surface area contributed by atoms with Crippen LogP contribution in [0.5, 0.6) is 0 Å². The first-order chi connectivity index (χ1) is 9.54. The van der Waals surface area contributed by atoms with E-state index in [1.807, 2.05) is 18.7 Å². The molecule has 5 heteroatoms. The predicted molar refractivity (Wildman–Crippen MR) is 78.5 cm³/mol. The van der Waals surface area contributed by atoms with E-state index in [-0.39, 0.29) is 11.9 Å². The third kappa shape index (κ3) is 2.58. The van der Waals surface area contributed by atoms with E-state index in [1.165, 1.54) is 0 Å². The Kier molecular flexibility index (Phi) is 4.45. The first-order valence-electron chi connectivity index (χ1n) is 7.66. The van der Waals surface area contributed by atoms with Crippen LogP contribution in [0.4, 0.5) is 0 Å². The second-order valence-electron chi connectivity index (χ2n) is 6.11. The number of hydrogen-bond acceptors (Lipinski definition) is 3. The van der Waals surface area contributed by atoms with Crippen LogP contribution in [0.1, 0.15) is 52.9 Å². The van der Waals surface area contributed by atoms with E-state index < -0.39 is 5.54 Å². The topological polar surface area (TPSA) is 53.0 Å². The SMILES string of the molecule is CCCCC1=NC2(CCCN(C=O)C2)C(=O)N1C(C)C. The van der Waals surface area contributed by atoms with Crippen LogP contribution in [0.25, 0.3) is 0 Å². The van der Waals surface area contributed by atoms with Gasteiger partial charge in [0, 0.05) is 19.0 Å². The standard InChI is InChI=1S/C15H25N3O2/c1-4-5-7-13-16-15(14(20)18(13)12(2)3)8-6-9-17(10-15)11-19/h11-12H,4-10H2,1-3H3. The number of likely N-dealkylation sites (tertiary alicyclic amines) is 1. The highest BCUT2D eigenvalue weighted by Crippen LogP contribution is 2.34. The molecule has 0 aliphatic carbocycles. The molecule has 2 rings (SSSR count). The quantitative estimate of drug-likeness (QED) is 0.721. The number of piperidine rings is 1. The summed E-state index contributed by atoms with van der Waals surface area (Å²) in [7, 11) is 0. The lowest BCUT2D eigenvalue weighted by Crippen LogP contribution is -2.54. The van der Waals surface area contributed by atoms with Gasteiger partial charge in [0.05, 0.1) is 6.54 Å². The maximum atomic E-state index is 12.8. The predicted octanol–water partition coefficient (Wildman–Crippen LogP) is 1.82. The Labute approximate surface area is 121 Å². The Morgan fingerprint density at radius 3 is 2.80 bits per heavy atom. The van der Waals surface area contributed by atoms with Crippen LogP contribution in [-0.2, 0) is 9.59 Å². The van der Waals surface area contributed by atoms with Gasteiger partial charge in [0.25, 0.3) is 5.91 Å². The molecule has 0 saturated carbocycles. The summed E-state index contributed by atoms with van der Waals surface area (Å²) in [6.45, 7) is 7.37. The molecule has 0 N–H and O–H groups in total. The highest BCUT2D eigenvalue weighted by molar-refractivity contribution is 6.08. The summed E-state index contributed by atoms with van der Waals surface area (Å²) < 4.78 is 0. The van der Waals surface area contributed by atoms with Gasteiger partial charge in [-0.2, -0.15) is 0 Å². The molecule has 1 unspecified atom stereocenters. The largest absolute Gasteiger partial charge is 0.342 e. The van der Waals surface area contributed by atoms with Crippen LogP contribution >= 0.6 is 0 Å². The van der Waals surface area contributed by atoms with E-state index in [0.29, 0.717) is 6.54 Å². The second kappa shape index (κ2) is 5.94. The molecule has 0 aromatic carbocycles. The Morgan fingerprint density at radius 2 is 2.20 bits per heavy atom. The molecular formula is C15H25N3O2. The van der Waals surface area contributed by atoms with Gasteiger partial charge < -0.3 is 4.90 Å². The first kappa shape index (κ1) is 15.0. The van der Waals surface area contributed by atoms with Crippen molar-refractivity contribution >= 4 is 18.2 Å². The highest BCUT2D eigenvalue weighted by atomic mass is 16.2. The summed E-state index contributed by atoms with van der Waals surface area (Å²) in [5.41, 5.74) is -0.702. The normalized spacial score (nSPS) is 26.6. The van der Waals surface area contributed by atoms with Gasteiger partial charge in [-0.05, 0) is 33.1 Å². The fourth-order valence-electron chi connectivity index (χ4n) is 3.16. The van der Waals surface area contributed by atoms with Crippen LogP contribution < -0.4 is 0 Å². The van der Waals surface area contributed by atoms with E-state index in [4.69, 9.17) is 4.99 Å². The zero-order valence-corrected chi connectivity index (χ0v) is 12.8. The minimum absolute atomic E-state index is 0.0881. The van der Waals surface area contributed by atoms with E-state index in [9.17, 15) is 9.59 Å². The third-order valence-electron chi connectivity index (χ3n) is 4.16. The molecule has 0 aromatic heterocycles. The van der Waals surface area contributed by atoms with Gasteiger partial charge in [-0.15, -0.1) is 0 Å². The summed E-state index contributed by atoms with van der Waals surface area (Å²) in [4.78, 5) is 32.2. The van der Waals surface area contributed by atoms with Crippen molar-refractivity contribution in [1.82, 2.24) is 9.80 Å². The van der Waals surface area contributed by atoms with E-state index in [2.05, 4.69) is 6.92 Å². The van der Waals surface area contributed by atoms with Gasteiger partial charge in [0.15, 0.2) is 5.54 Å². The number of amidine groups is 1. The van der Waals surface area contributed by atoms with Gasteiger partial charge in [-0.3, -0.25) is 19.5 Å². The molecule has 0 aromatic rings. The molecule has 2 amide bonds. The molecule has 0 bridgehead atoms. The maximum Gasteiger partial charge on any atom is 0.257 e. The molecule has 2 aliphatic heterocycles. The maximum absolute atomic E-state index is 12.8. The van der Waals surface area contributed by atoms with Crippen molar-refractivity contribution in [1.29, 1.82) is 0 Å². The number of nitrogens with zero attached hydrogens (tertiary/aromatic N) is 3. The molecular weight excluding hydrogens is 254 g/mol. The van der Waals surface area contributed by atoms with Gasteiger partial charge in [0.2, 0.25) is 6.41 Å². The minimum Gasteiger partial charge on any atom is -0.342 e. The zero-order chi connectivity index (χ0) is 14.8. The summed E-state index contributed by atoms with van der Waals surface area (Å²) in [5, 5.41) is 0. The van der Waals surface area contributed by atoms with Crippen molar-refractivity contribution in [2.75, 3.05) is 13.1 Å². The van der Waals surface area contributed by atoms with Gasteiger partial charge in [0.1, 0.15) is 5.84 Å². The summed E-state index contributed by atoms with van der Waals surface area (Å²) in [6.07, 6.45) is 5.43. The Morgan fingerprint density at radius 1 is 1.45 bits per heavy atom. The van der Waals surface area contributed by atoms with E-state index in [1.54, 1.807) is 4.90 Å². The van der Waals surface area contributed by atoms with Crippen molar-refractivity contribution in [3.63, 3.8) is 0 Å². The second-order valence-corrected chi connectivity index (χ2v) is 6.11. The van der Waals surface area contributed by atoms with Crippen LogP contribution in [0.15, 0.2) is 4.99 Å². The van der Waals surface area contributed by atoms with Crippen LogP contribution in [0.2, 0.25) is 0 Å². The molecule has 1 atom stereocenters. The monoisotopic (exact) mass is 279 g/mol. The van der Waals surface area contributed by atoms with Crippen LogP contribution in [-0.4, -0.2) is 52.6 Å². The van der Waals surface area contributed by atoms with Gasteiger partial charge in [-0.25, -0.2) is 0 Å². The summed E-state index contributed by atoms with van der Waals surface area (Å²) in [5.74, 6) is 1.00. The lowest BCUT2D eigenvalue weighted by atomic mass is 9.89. The van der Waals surface area contributed by atoms with E-state index in [0.717, 1.165) is 50.9 Å². The molecule has 2 heterocycles. The third-order valence-corrected chi connectivity index (χ3v) is 4.16. The lowest BCUT2D eigenvalue weighted by Gasteiger charge is -2.35. The lowest BCUT2D eigenvalue weighted by molar-refractivity contribution is -0.135. The summed E-state index contributed by atoms with van der Waals surface area (Å²) in [6, 6.07) is 0.129. The zero-order valence-electron chi connectivity index (χ0n) is 12.8. The molecule has 1 fully saturated rings. The first-order valence-corrected chi connectivity index (χ1v) is 7.66. The molecule has 0 radical (unpaired) electrons. The smallest absolute Gasteiger partial charge is 0.257 e. The molecule has 1 spiro atoms. The van der Waals surface area contributed by atoms with Crippen molar-refractivity contribution in [2.24, 2.45) is 4.99 Å². The van der Waals surface area contributed by atoms with Gasteiger partial charge in [-0.1, -0.05) is 13.3 Å². The molecule has 20 heavy (non-hydrogen) atoms. The number of carbonyl (C=O) groups excluding carboxylic acids is 2. The van der Waals surface area contributed by atoms with Gasteiger partial charge >= 0.3 is 0 Å². The Hall–Kier alpha value is -1.39. The number of unbranched alkanes of at least 4 members (excludes halogenated alkanes) is 1. The van der Waals surface area contributed by atoms with Crippen molar-refractivity contribution in [3.8, 4) is 0 Å². The molecule has 112 valence electrons. The molecule has 1 saturated heterocycles. The fraction of sp³-hybridized carbons (Fsp3) is 0.800. The Balaban J connectivity index is 2.26. The average Bonchev–Trinajstić information content (AvgIpc) is 2.69. The number of rotatable bonds is 5. The molecule has 2 aliphatic rings. The number of carbonyl (C=O) groups is 2. The van der Waals surface area contributed by atoms with Crippen molar-refractivity contribution < 1.29 is 9.59 Å². The number of hydrogen-bond donors (Lipinski definition) is 0. The van der Waals surface area contributed by atoms with E-state index >= 15 is 0 Å².